The number of nitrogens with one attached hydrogen (secondary N) is 2. The largest absolute Gasteiger partial charge is 0.495 e. The molecule has 0 bridgehead atoms. The number of fused-ring (bicyclic) bond motifs is 1. The van der Waals surface area contributed by atoms with Crippen molar-refractivity contribution in [3.63, 3.8) is 0 Å². The number of hydrogen-bond acceptors (Lipinski definition) is 12. The molecule has 0 fully saturated rings. The van der Waals surface area contributed by atoms with Crippen LogP contribution in [0.25, 0.3) is 16.8 Å². The van der Waals surface area contributed by atoms with Gasteiger partial charge in [0.15, 0.2) is 15.5 Å². The van der Waals surface area contributed by atoms with E-state index in [9.17, 15) is 32.0 Å². The SMILES string of the molecule is COc1cc(S(C)(=O)=O)ccc1N(C(=O)OCOC(=O)C(C)(NC(=O)OC(C)(C)C)C(C)C)c1nc2ccc(-c3ccc(NC(=O)Cc4ccc(F)cc4)cc3)cn2n1. The van der Waals surface area contributed by atoms with Gasteiger partial charge in [-0.05, 0) is 93.3 Å². The lowest BCUT2D eigenvalue weighted by molar-refractivity contribution is -0.161. The number of rotatable bonds is 13. The van der Waals surface area contributed by atoms with Crippen molar-refractivity contribution >= 4 is 56.9 Å². The molecular weight excluding hydrogens is 788 g/mol. The van der Waals surface area contributed by atoms with Gasteiger partial charge in [-0.1, -0.05) is 38.1 Å². The monoisotopic (exact) mass is 832 g/mol. The molecule has 0 aliphatic rings. The van der Waals surface area contributed by atoms with Crippen molar-refractivity contribution in [3.05, 3.63) is 96.4 Å². The maximum absolute atomic E-state index is 13.9. The predicted octanol–water partition coefficient (Wildman–Crippen LogP) is 6.84. The van der Waals surface area contributed by atoms with Crippen molar-refractivity contribution in [1.29, 1.82) is 0 Å². The molecule has 5 aromatic rings. The number of amides is 3. The van der Waals surface area contributed by atoms with Crippen molar-refractivity contribution in [2.24, 2.45) is 5.92 Å². The first-order valence-electron chi connectivity index (χ1n) is 18.2. The topological polar surface area (TPSA) is 197 Å². The molecule has 5 rings (SSSR count). The summed E-state index contributed by atoms with van der Waals surface area (Å²) in [5.74, 6) is -2.29. The quantitative estimate of drug-likeness (QED) is 0.0927. The first-order chi connectivity index (χ1) is 27.7. The zero-order valence-corrected chi connectivity index (χ0v) is 34.5. The van der Waals surface area contributed by atoms with Gasteiger partial charge in [-0.25, -0.2) is 36.6 Å². The molecule has 0 saturated carbocycles. The molecule has 0 spiro atoms. The average Bonchev–Trinajstić information content (AvgIpc) is 3.57. The highest BCUT2D eigenvalue weighted by Crippen LogP contribution is 2.36. The standard InChI is InChI=1S/C41H45FN6O10S/c1-25(2)41(6,45-38(51)58-40(3,4)5)36(50)56-24-57-39(52)48(32-19-18-31(59(8,53)54)22-33(32)55-7)37-44-34-20-13-28(23-47(34)46-37)27-11-16-30(17-12-27)43-35(49)21-26-9-14-29(42)15-10-26/h9-20,22-23,25H,21,24H2,1-8H3,(H,43,49)(H,45,51). The molecule has 3 aromatic carbocycles. The third-order valence-corrected chi connectivity index (χ3v) is 10.1. The lowest BCUT2D eigenvalue weighted by atomic mass is 9.88. The Morgan fingerprint density at radius 2 is 1.56 bits per heavy atom. The molecule has 16 nitrogen and oxygen atoms in total. The number of anilines is 3. The zero-order chi connectivity index (χ0) is 43.3. The van der Waals surface area contributed by atoms with Crippen LogP contribution in [0.15, 0.2) is 90.0 Å². The molecule has 18 heteroatoms. The van der Waals surface area contributed by atoms with Crippen LogP contribution in [-0.2, 0) is 40.1 Å². The van der Waals surface area contributed by atoms with Crippen molar-refractivity contribution < 1.29 is 50.9 Å². The molecule has 1 unspecified atom stereocenters. The van der Waals surface area contributed by atoms with E-state index in [1.807, 2.05) is 0 Å². The number of alkyl carbamates (subject to hydrolysis) is 1. The van der Waals surface area contributed by atoms with Crippen LogP contribution in [0, 0.1) is 11.7 Å². The van der Waals surface area contributed by atoms with Crippen LogP contribution in [0.2, 0.25) is 0 Å². The van der Waals surface area contributed by atoms with Gasteiger partial charge < -0.3 is 29.6 Å². The van der Waals surface area contributed by atoms with Gasteiger partial charge in [-0.15, -0.1) is 5.10 Å². The molecule has 2 N–H and O–H groups in total. The Balaban J connectivity index is 1.39. The van der Waals surface area contributed by atoms with Crippen molar-refractivity contribution in [3.8, 4) is 16.9 Å². The molecule has 3 amide bonds. The van der Waals surface area contributed by atoms with E-state index in [4.69, 9.17) is 18.9 Å². The minimum atomic E-state index is -3.68. The fourth-order valence-corrected chi connectivity index (χ4v) is 6.17. The van der Waals surface area contributed by atoms with Gasteiger partial charge in [0, 0.05) is 29.8 Å². The summed E-state index contributed by atoms with van der Waals surface area (Å²) >= 11 is 0. The lowest BCUT2D eigenvalue weighted by Crippen LogP contribution is -2.57. The molecule has 312 valence electrons. The molecule has 59 heavy (non-hydrogen) atoms. The Bertz CT molecular complexity index is 2470. The van der Waals surface area contributed by atoms with E-state index in [0.29, 0.717) is 22.5 Å². The fraction of sp³-hybridized carbons (Fsp3) is 0.317. The Morgan fingerprint density at radius 3 is 2.17 bits per heavy atom. The summed E-state index contributed by atoms with van der Waals surface area (Å²) in [6.45, 7) is 8.95. The number of halogens is 1. The van der Waals surface area contributed by atoms with E-state index in [1.165, 1.54) is 48.9 Å². The highest BCUT2D eigenvalue weighted by atomic mass is 32.2. The Morgan fingerprint density at radius 1 is 0.898 bits per heavy atom. The number of sulfone groups is 1. The fourth-order valence-electron chi connectivity index (χ4n) is 5.53. The van der Waals surface area contributed by atoms with E-state index in [0.717, 1.165) is 16.7 Å². The third-order valence-electron chi connectivity index (χ3n) is 9.01. The third kappa shape index (κ3) is 10.9. The number of carbonyl (C=O) groups excluding carboxylic acids is 4. The van der Waals surface area contributed by atoms with Crippen LogP contribution >= 0.6 is 0 Å². The number of aromatic nitrogens is 3. The smallest absolute Gasteiger partial charge is 0.424 e. The molecule has 2 aromatic heterocycles. The van der Waals surface area contributed by atoms with Crippen molar-refractivity contribution in [1.82, 2.24) is 19.9 Å². The number of benzene rings is 3. The number of nitrogens with zero attached hydrogens (tertiary/aromatic N) is 4. The molecule has 0 radical (unpaired) electrons. The van der Waals surface area contributed by atoms with Gasteiger partial charge in [-0.3, -0.25) is 4.79 Å². The minimum absolute atomic E-state index is 0.00281. The maximum atomic E-state index is 13.9. The summed E-state index contributed by atoms with van der Waals surface area (Å²) in [6.07, 6.45) is 0.781. The Hall–Kier alpha value is -6.56. The van der Waals surface area contributed by atoms with Crippen LogP contribution in [0.3, 0.4) is 0 Å². The number of esters is 1. The number of ether oxygens (including phenoxy) is 4. The highest BCUT2D eigenvalue weighted by molar-refractivity contribution is 7.90. The number of carbonyl (C=O) groups is 4. The number of pyridine rings is 1. The first-order valence-corrected chi connectivity index (χ1v) is 20.1. The summed E-state index contributed by atoms with van der Waals surface area (Å²) < 4.78 is 60.9. The second-order valence-electron chi connectivity index (χ2n) is 14.9. The van der Waals surface area contributed by atoms with Gasteiger partial charge in [0.25, 0.3) is 5.95 Å². The number of methoxy groups -OCH3 is 1. The van der Waals surface area contributed by atoms with Crippen molar-refractivity contribution in [2.45, 2.75) is 64.0 Å². The molecular formula is C41H45FN6O10S. The van der Waals surface area contributed by atoms with Crippen LogP contribution in [-0.4, -0.2) is 78.4 Å². The Labute approximate surface area is 340 Å². The second kappa shape index (κ2) is 17.5. The van der Waals surface area contributed by atoms with Crippen molar-refractivity contribution in [2.75, 3.05) is 30.4 Å². The minimum Gasteiger partial charge on any atom is -0.495 e. The summed E-state index contributed by atoms with van der Waals surface area (Å²) in [5, 5.41) is 9.88. The normalized spacial score (nSPS) is 12.6. The summed E-state index contributed by atoms with van der Waals surface area (Å²) in [7, 11) is -2.40. The second-order valence-corrected chi connectivity index (χ2v) is 17.0. The predicted molar refractivity (Wildman–Crippen MR) is 215 cm³/mol. The van der Waals surface area contributed by atoms with E-state index in [-0.39, 0.29) is 40.4 Å². The molecule has 0 aliphatic carbocycles. The van der Waals surface area contributed by atoms with E-state index < -0.39 is 51.8 Å². The molecule has 1 atom stereocenters. The maximum Gasteiger partial charge on any atom is 0.424 e. The van der Waals surface area contributed by atoms with Crippen LogP contribution in [0.4, 0.5) is 31.3 Å². The summed E-state index contributed by atoms with van der Waals surface area (Å²) in [4.78, 5) is 57.7. The average molecular weight is 833 g/mol. The van der Waals surface area contributed by atoms with Crippen LogP contribution in [0.1, 0.15) is 47.1 Å². The van der Waals surface area contributed by atoms with Gasteiger partial charge in [0.05, 0.1) is 24.1 Å². The summed E-state index contributed by atoms with van der Waals surface area (Å²) in [6, 6.07) is 20.0. The highest BCUT2D eigenvalue weighted by Gasteiger charge is 2.41. The van der Waals surface area contributed by atoms with E-state index in [1.54, 1.807) is 89.3 Å². The number of hydrogen-bond donors (Lipinski definition) is 2. The van der Waals surface area contributed by atoms with E-state index in [2.05, 4.69) is 20.7 Å². The lowest BCUT2D eigenvalue weighted by Gasteiger charge is -2.33. The molecule has 0 saturated heterocycles. The molecule has 0 aliphatic heterocycles. The van der Waals surface area contributed by atoms with Gasteiger partial charge in [0.2, 0.25) is 12.7 Å². The van der Waals surface area contributed by atoms with Gasteiger partial charge in [0.1, 0.15) is 22.7 Å². The van der Waals surface area contributed by atoms with Gasteiger partial charge in [-0.2, -0.15) is 4.98 Å². The molecule has 2 heterocycles. The summed E-state index contributed by atoms with van der Waals surface area (Å²) in [5.41, 5.74) is 0.578. The zero-order valence-electron chi connectivity index (χ0n) is 33.7. The first kappa shape index (κ1) is 43.6. The van der Waals surface area contributed by atoms with E-state index >= 15 is 0 Å². The van der Waals surface area contributed by atoms with Gasteiger partial charge >= 0.3 is 18.2 Å². The Kier molecular flexibility index (Phi) is 12.9. The van der Waals surface area contributed by atoms with Crippen LogP contribution in [0.5, 0.6) is 5.75 Å². The van der Waals surface area contributed by atoms with Crippen LogP contribution < -0.4 is 20.3 Å².